The number of aliphatic carboxylic acids is 1. The van der Waals surface area contributed by atoms with Gasteiger partial charge in [-0.1, -0.05) is 0 Å². The SMILES string of the molecule is CC(C)OCC(=O)N(C)C1COCC1C(=O)O. The topological polar surface area (TPSA) is 76.1 Å². The molecule has 1 amide bonds. The molecule has 17 heavy (non-hydrogen) atoms. The van der Waals surface area contributed by atoms with Crippen molar-refractivity contribution in [3.05, 3.63) is 0 Å². The zero-order valence-corrected chi connectivity index (χ0v) is 10.4. The number of nitrogens with zero attached hydrogens (tertiary/aromatic N) is 1. The van der Waals surface area contributed by atoms with Crippen molar-refractivity contribution in [1.82, 2.24) is 4.90 Å². The van der Waals surface area contributed by atoms with Crippen LogP contribution in [0.1, 0.15) is 13.8 Å². The van der Waals surface area contributed by atoms with Crippen molar-refractivity contribution >= 4 is 11.9 Å². The maximum Gasteiger partial charge on any atom is 0.311 e. The molecule has 1 heterocycles. The number of hydrogen-bond acceptors (Lipinski definition) is 4. The first-order valence-electron chi connectivity index (χ1n) is 5.61. The van der Waals surface area contributed by atoms with E-state index in [-0.39, 0.29) is 31.8 Å². The largest absolute Gasteiger partial charge is 0.481 e. The highest BCUT2D eigenvalue weighted by molar-refractivity contribution is 5.79. The number of carbonyl (C=O) groups is 2. The third kappa shape index (κ3) is 3.67. The van der Waals surface area contributed by atoms with E-state index in [9.17, 15) is 9.59 Å². The van der Waals surface area contributed by atoms with Gasteiger partial charge >= 0.3 is 5.97 Å². The summed E-state index contributed by atoms with van der Waals surface area (Å²) >= 11 is 0. The van der Waals surface area contributed by atoms with E-state index in [1.54, 1.807) is 7.05 Å². The van der Waals surface area contributed by atoms with E-state index < -0.39 is 17.9 Å². The van der Waals surface area contributed by atoms with E-state index >= 15 is 0 Å². The zero-order chi connectivity index (χ0) is 13.0. The van der Waals surface area contributed by atoms with Crippen LogP contribution in [0.2, 0.25) is 0 Å². The van der Waals surface area contributed by atoms with Gasteiger partial charge in [-0.15, -0.1) is 0 Å². The minimum atomic E-state index is -0.933. The molecular formula is C11H19NO5. The summed E-state index contributed by atoms with van der Waals surface area (Å²) in [5.74, 6) is -1.81. The van der Waals surface area contributed by atoms with Gasteiger partial charge in [0.05, 0.1) is 25.4 Å². The average molecular weight is 245 g/mol. The summed E-state index contributed by atoms with van der Waals surface area (Å²) in [4.78, 5) is 24.1. The Morgan fingerprint density at radius 2 is 2.12 bits per heavy atom. The molecular weight excluding hydrogens is 226 g/mol. The lowest BCUT2D eigenvalue weighted by Gasteiger charge is -2.26. The standard InChI is InChI=1S/C11H19NO5/c1-7(2)17-6-10(13)12(3)9-5-16-4-8(9)11(14)15/h7-9H,4-6H2,1-3H3,(H,14,15). The summed E-state index contributed by atoms with van der Waals surface area (Å²) in [6.45, 7) is 4.07. The van der Waals surface area contributed by atoms with Crippen molar-refractivity contribution in [3.8, 4) is 0 Å². The molecule has 0 aromatic carbocycles. The number of likely N-dealkylation sites (N-methyl/N-ethyl adjacent to an activating group) is 1. The van der Waals surface area contributed by atoms with Gasteiger partial charge in [-0.3, -0.25) is 9.59 Å². The first-order chi connectivity index (χ1) is 7.93. The molecule has 1 aliphatic rings. The molecule has 0 bridgehead atoms. The fourth-order valence-corrected chi connectivity index (χ4v) is 1.69. The Kier molecular flexibility index (Phi) is 4.89. The summed E-state index contributed by atoms with van der Waals surface area (Å²) in [7, 11) is 1.58. The second-order valence-electron chi connectivity index (χ2n) is 4.41. The van der Waals surface area contributed by atoms with Crippen LogP contribution in [-0.2, 0) is 19.1 Å². The number of carbonyl (C=O) groups excluding carboxylic acids is 1. The molecule has 6 nitrogen and oxygen atoms in total. The highest BCUT2D eigenvalue weighted by Crippen LogP contribution is 2.19. The summed E-state index contributed by atoms with van der Waals surface area (Å²) in [6, 6.07) is -0.407. The van der Waals surface area contributed by atoms with Crippen LogP contribution in [0.5, 0.6) is 0 Å². The zero-order valence-electron chi connectivity index (χ0n) is 10.4. The molecule has 0 saturated carbocycles. The lowest BCUT2D eigenvalue weighted by molar-refractivity contribution is -0.146. The van der Waals surface area contributed by atoms with Gasteiger partial charge in [0, 0.05) is 7.05 Å². The van der Waals surface area contributed by atoms with Gasteiger partial charge in [0.2, 0.25) is 5.91 Å². The highest BCUT2D eigenvalue weighted by atomic mass is 16.5. The molecule has 1 N–H and O–H groups in total. The van der Waals surface area contributed by atoms with Crippen LogP contribution in [0.15, 0.2) is 0 Å². The van der Waals surface area contributed by atoms with Crippen molar-refractivity contribution < 1.29 is 24.2 Å². The molecule has 1 saturated heterocycles. The van der Waals surface area contributed by atoms with Crippen molar-refractivity contribution in [3.63, 3.8) is 0 Å². The third-order valence-corrected chi connectivity index (χ3v) is 2.80. The number of carboxylic acid groups (broad SMARTS) is 1. The smallest absolute Gasteiger partial charge is 0.311 e. The molecule has 0 spiro atoms. The molecule has 1 rings (SSSR count). The predicted octanol–water partition coefficient (Wildman–Crippen LogP) is -0.0306. The van der Waals surface area contributed by atoms with Gasteiger partial charge in [-0.05, 0) is 13.8 Å². The molecule has 1 aliphatic heterocycles. The third-order valence-electron chi connectivity index (χ3n) is 2.80. The Hall–Kier alpha value is -1.14. The van der Waals surface area contributed by atoms with Gasteiger partial charge in [0.1, 0.15) is 12.5 Å². The van der Waals surface area contributed by atoms with Crippen LogP contribution in [0.25, 0.3) is 0 Å². The monoisotopic (exact) mass is 245 g/mol. The van der Waals surface area contributed by atoms with Crippen molar-refractivity contribution in [1.29, 1.82) is 0 Å². The van der Waals surface area contributed by atoms with Crippen LogP contribution < -0.4 is 0 Å². The van der Waals surface area contributed by atoms with Crippen LogP contribution in [0.3, 0.4) is 0 Å². The number of amides is 1. The fraction of sp³-hybridized carbons (Fsp3) is 0.818. The lowest BCUT2D eigenvalue weighted by atomic mass is 10.0. The van der Waals surface area contributed by atoms with Gasteiger partial charge in [-0.25, -0.2) is 0 Å². The minimum absolute atomic E-state index is 0.0255. The summed E-state index contributed by atoms with van der Waals surface area (Å²) in [5.41, 5.74) is 0. The quantitative estimate of drug-likeness (QED) is 0.736. The Morgan fingerprint density at radius 3 is 2.65 bits per heavy atom. The molecule has 6 heteroatoms. The summed E-state index contributed by atoms with van der Waals surface area (Å²) in [6.07, 6.45) is -0.0255. The van der Waals surface area contributed by atoms with Crippen molar-refractivity contribution in [2.24, 2.45) is 5.92 Å². The van der Waals surface area contributed by atoms with Crippen LogP contribution in [-0.4, -0.2) is 60.9 Å². The van der Waals surface area contributed by atoms with Crippen molar-refractivity contribution in [2.75, 3.05) is 26.9 Å². The van der Waals surface area contributed by atoms with Gasteiger partial charge in [-0.2, -0.15) is 0 Å². The van der Waals surface area contributed by atoms with E-state index in [0.717, 1.165) is 0 Å². The lowest BCUT2D eigenvalue weighted by Crippen LogP contribution is -2.45. The number of rotatable bonds is 5. The molecule has 98 valence electrons. The maximum atomic E-state index is 11.8. The fourth-order valence-electron chi connectivity index (χ4n) is 1.69. The van der Waals surface area contributed by atoms with Gasteiger partial charge in [0.25, 0.3) is 0 Å². The molecule has 0 aromatic heterocycles. The Balaban J connectivity index is 2.53. The molecule has 2 atom stereocenters. The first-order valence-corrected chi connectivity index (χ1v) is 5.61. The van der Waals surface area contributed by atoms with E-state index in [1.165, 1.54) is 4.90 Å². The van der Waals surface area contributed by atoms with Gasteiger partial charge < -0.3 is 19.5 Å². The Labute approximate surface area is 100 Å². The minimum Gasteiger partial charge on any atom is -0.481 e. The van der Waals surface area contributed by atoms with E-state index in [1.807, 2.05) is 13.8 Å². The first kappa shape index (κ1) is 13.9. The highest BCUT2D eigenvalue weighted by Gasteiger charge is 2.38. The Bertz CT molecular complexity index is 292. The molecule has 0 aromatic rings. The Morgan fingerprint density at radius 1 is 1.47 bits per heavy atom. The number of carboxylic acids is 1. The van der Waals surface area contributed by atoms with Crippen LogP contribution in [0, 0.1) is 5.92 Å². The van der Waals surface area contributed by atoms with Gasteiger partial charge in [0.15, 0.2) is 0 Å². The molecule has 0 aliphatic carbocycles. The molecule has 0 radical (unpaired) electrons. The van der Waals surface area contributed by atoms with Crippen LogP contribution in [0.4, 0.5) is 0 Å². The summed E-state index contributed by atoms with van der Waals surface area (Å²) < 4.78 is 10.3. The predicted molar refractivity (Wildman–Crippen MR) is 59.6 cm³/mol. The second kappa shape index (κ2) is 5.97. The normalized spacial score (nSPS) is 24.0. The van der Waals surface area contributed by atoms with E-state index in [0.29, 0.717) is 0 Å². The number of hydrogen-bond donors (Lipinski definition) is 1. The van der Waals surface area contributed by atoms with E-state index in [4.69, 9.17) is 14.6 Å². The second-order valence-corrected chi connectivity index (χ2v) is 4.41. The van der Waals surface area contributed by atoms with Crippen molar-refractivity contribution in [2.45, 2.75) is 26.0 Å². The average Bonchev–Trinajstić information content (AvgIpc) is 2.73. The van der Waals surface area contributed by atoms with Crippen LogP contribution >= 0.6 is 0 Å². The summed E-state index contributed by atoms with van der Waals surface area (Å²) in [5, 5.41) is 8.98. The molecule has 2 unspecified atom stereocenters. The maximum absolute atomic E-state index is 11.8. The molecule has 1 fully saturated rings. The van der Waals surface area contributed by atoms with E-state index in [2.05, 4.69) is 0 Å². The number of ether oxygens (including phenoxy) is 2.